The number of sulfonamides is 1. The predicted molar refractivity (Wildman–Crippen MR) is 100 cm³/mol. The highest BCUT2D eigenvalue weighted by Gasteiger charge is 2.38. The predicted octanol–water partition coefficient (Wildman–Crippen LogP) is 2.69. The number of anilines is 1. The molecule has 0 bridgehead atoms. The van der Waals surface area contributed by atoms with Crippen LogP contribution in [0.25, 0.3) is 0 Å². The van der Waals surface area contributed by atoms with Crippen LogP contribution in [0.4, 0.5) is 5.69 Å². The fourth-order valence-corrected chi connectivity index (χ4v) is 5.21. The summed E-state index contributed by atoms with van der Waals surface area (Å²) in [6, 6.07) is 12.2. The molecule has 6 nitrogen and oxygen atoms in total. The fraction of sp³-hybridized carbons (Fsp3) is 0.350. The summed E-state index contributed by atoms with van der Waals surface area (Å²) in [7, 11) is -2.58. The summed E-state index contributed by atoms with van der Waals surface area (Å²) >= 11 is 0. The molecule has 1 aliphatic heterocycles. The Labute approximate surface area is 158 Å². The molecule has 0 radical (unpaired) electrons. The molecular formula is C20H21NO5S. The number of aryl methyl sites for hydroxylation is 2. The highest BCUT2D eigenvalue weighted by atomic mass is 32.2. The van der Waals surface area contributed by atoms with Crippen LogP contribution in [0.2, 0.25) is 0 Å². The zero-order valence-corrected chi connectivity index (χ0v) is 15.9. The second-order valence-electron chi connectivity index (χ2n) is 6.77. The van der Waals surface area contributed by atoms with Gasteiger partial charge < -0.3 is 9.47 Å². The molecule has 0 saturated heterocycles. The van der Waals surface area contributed by atoms with Crippen LogP contribution < -0.4 is 9.04 Å². The van der Waals surface area contributed by atoms with E-state index >= 15 is 0 Å². The average molecular weight is 387 g/mol. The molecule has 0 unspecified atom stereocenters. The summed E-state index contributed by atoms with van der Waals surface area (Å²) in [5.74, 6) is -0.254. The number of methoxy groups -OCH3 is 1. The van der Waals surface area contributed by atoms with Gasteiger partial charge in [0.15, 0.2) is 0 Å². The summed E-state index contributed by atoms with van der Waals surface area (Å²) < 4.78 is 38.5. The first-order valence-electron chi connectivity index (χ1n) is 8.99. The van der Waals surface area contributed by atoms with E-state index in [2.05, 4.69) is 0 Å². The Morgan fingerprint density at radius 2 is 1.85 bits per heavy atom. The molecule has 1 heterocycles. The molecule has 27 heavy (non-hydrogen) atoms. The van der Waals surface area contributed by atoms with E-state index in [9.17, 15) is 13.2 Å². The van der Waals surface area contributed by atoms with Crippen LogP contribution in [0.15, 0.2) is 47.4 Å². The fourth-order valence-electron chi connectivity index (χ4n) is 3.68. The Morgan fingerprint density at radius 1 is 1.11 bits per heavy atom. The van der Waals surface area contributed by atoms with Gasteiger partial charge in [-0.3, -0.25) is 4.31 Å². The van der Waals surface area contributed by atoms with Crippen LogP contribution >= 0.6 is 0 Å². The van der Waals surface area contributed by atoms with Gasteiger partial charge in [-0.1, -0.05) is 18.2 Å². The van der Waals surface area contributed by atoms with Crippen molar-refractivity contribution >= 4 is 21.7 Å². The van der Waals surface area contributed by atoms with Crippen molar-refractivity contribution in [3.8, 4) is 5.75 Å². The van der Waals surface area contributed by atoms with Crippen LogP contribution in [-0.4, -0.2) is 34.1 Å². The molecule has 0 fully saturated rings. The minimum Gasteiger partial charge on any atom is -0.475 e. The minimum absolute atomic E-state index is 0.122. The Balaban J connectivity index is 1.77. The van der Waals surface area contributed by atoms with E-state index in [0.29, 0.717) is 11.4 Å². The first-order chi connectivity index (χ1) is 13.0. The molecule has 142 valence electrons. The molecule has 2 aromatic rings. The lowest BCUT2D eigenvalue weighted by molar-refractivity contribution is -0.148. The first-order valence-corrected chi connectivity index (χ1v) is 10.4. The van der Waals surface area contributed by atoms with Crippen LogP contribution in [-0.2, 0) is 32.4 Å². The third kappa shape index (κ3) is 3.16. The van der Waals surface area contributed by atoms with Crippen LogP contribution in [0.3, 0.4) is 0 Å². The molecule has 0 spiro atoms. The van der Waals surface area contributed by atoms with Gasteiger partial charge in [0.2, 0.25) is 6.10 Å². The maximum absolute atomic E-state index is 13.4. The normalized spacial score (nSPS) is 18.9. The molecular weight excluding hydrogens is 366 g/mol. The lowest BCUT2D eigenvalue weighted by Gasteiger charge is -2.34. The maximum atomic E-state index is 13.4. The second kappa shape index (κ2) is 6.88. The maximum Gasteiger partial charge on any atom is 0.348 e. The first kappa shape index (κ1) is 17.9. The lowest BCUT2D eigenvalue weighted by Crippen LogP contribution is -2.47. The van der Waals surface area contributed by atoms with Gasteiger partial charge in [0.25, 0.3) is 10.0 Å². The number of carbonyl (C=O) groups is 1. The summed E-state index contributed by atoms with van der Waals surface area (Å²) in [4.78, 5) is 12.2. The van der Waals surface area contributed by atoms with E-state index in [0.717, 1.165) is 31.2 Å². The summed E-state index contributed by atoms with van der Waals surface area (Å²) in [6.45, 7) is -0.122. The topological polar surface area (TPSA) is 72.9 Å². The van der Waals surface area contributed by atoms with Crippen molar-refractivity contribution in [3.05, 3.63) is 53.6 Å². The van der Waals surface area contributed by atoms with Gasteiger partial charge >= 0.3 is 5.97 Å². The Morgan fingerprint density at radius 3 is 2.63 bits per heavy atom. The zero-order valence-electron chi connectivity index (χ0n) is 15.1. The quantitative estimate of drug-likeness (QED) is 0.757. The number of ether oxygens (including phenoxy) is 2. The van der Waals surface area contributed by atoms with Gasteiger partial charge in [-0.15, -0.1) is 0 Å². The van der Waals surface area contributed by atoms with Crippen molar-refractivity contribution < 1.29 is 22.7 Å². The molecule has 0 N–H and O–H groups in total. The van der Waals surface area contributed by atoms with E-state index in [1.807, 2.05) is 6.07 Å². The van der Waals surface area contributed by atoms with Crippen molar-refractivity contribution in [2.45, 2.75) is 36.7 Å². The smallest absolute Gasteiger partial charge is 0.348 e. The van der Waals surface area contributed by atoms with Gasteiger partial charge in [0, 0.05) is 0 Å². The number of fused-ring (bicyclic) bond motifs is 2. The molecule has 0 saturated carbocycles. The number of rotatable bonds is 3. The van der Waals surface area contributed by atoms with Crippen LogP contribution in [0, 0.1) is 0 Å². The number of nitrogens with zero attached hydrogens (tertiary/aromatic N) is 1. The van der Waals surface area contributed by atoms with Crippen molar-refractivity contribution in [2.75, 3.05) is 18.0 Å². The highest BCUT2D eigenvalue weighted by Crippen LogP contribution is 2.37. The summed E-state index contributed by atoms with van der Waals surface area (Å²) in [5.41, 5.74) is 2.73. The molecule has 1 atom stereocenters. The van der Waals surface area contributed by atoms with Crippen LogP contribution in [0.1, 0.15) is 24.0 Å². The number of hydrogen-bond acceptors (Lipinski definition) is 5. The minimum atomic E-state index is -3.84. The van der Waals surface area contributed by atoms with Crippen molar-refractivity contribution in [2.24, 2.45) is 0 Å². The third-order valence-electron chi connectivity index (χ3n) is 5.11. The summed E-state index contributed by atoms with van der Waals surface area (Å²) in [5, 5.41) is 0. The number of carbonyl (C=O) groups excluding carboxylic acids is 1. The molecule has 0 amide bonds. The van der Waals surface area contributed by atoms with E-state index < -0.39 is 22.1 Å². The van der Waals surface area contributed by atoms with Crippen molar-refractivity contribution in [1.29, 1.82) is 0 Å². The lowest BCUT2D eigenvalue weighted by atomic mass is 9.92. The number of esters is 1. The zero-order chi connectivity index (χ0) is 19.0. The van der Waals surface area contributed by atoms with Crippen molar-refractivity contribution in [1.82, 2.24) is 0 Å². The van der Waals surface area contributed by atoms with E-state index in [4.69, 9.17) is 9.47 Å². The monoisotopic (exact) mass is 387 g/mol. The largest absolute Gasteiger partial charge is 0.475 e. The summed E-state index contributed by atoms with van der Waals surface area (Å²) in [6.07, 6.45) is 3.08. The SMILES string of the molecule is COC(=O)[C@H]1CN(S(=O)(=O)c2ccc3c(c2)CCCC3)c2ccccc2O1. The van der Waals surface area contributed by atoms with Gasteiger partial charge in [-0.25, -0.2) is 13.2 Å². The molecule has 0 aromatic heterocycles. The highest BCUT2D eigenvalue weighted by molar-refractivity contribution is 7.92. The Bertz CT molecular complexity index is 986. The number of para-hydroxylation sites is 2. The van der Waals surface area contributed by atoms with Gasteiger partial charge in [-0.05, 0) is 61.1 Å². The Kier molecular flexibility index (Phi) is 4.55. The molecule has 2 aromatic carbocycles. The van der Waals surface area contributed by atoms with Crippen LogP contribution in [0.5, 0.6) is 5.75 Å². The van der Waals surface area contributed by atoms with E-state index in [-0.39, 0.29) is 11.4 Å². The third-order valence-corrected chi connectivity index (χ3v) is 6.88. The Hall–Kier alpha value is -2.54. The van der Waals surface area contributed by atoms with Gasteiger partial charge in [-0.2, -0.15) is 0 Å². The molecule has 1 aliphatic carbocycles. The number of hydrogen-bond donors (Lipinski definition) is 0. The molecule has 7 heteroatoms. The van der Waals surface area contributed by atoms with Gasteiger partial charge in [0.1, 0.15) is 5.75 Å². The van der Waals surface area contributed by atoms with E-state index in [1.54, 1.807) is 36.4 Å². The average Bonchev–Trinajstić information content (AvgIpc) is 2.71. The van der Waals surface area contributed by atoms with E-state index in [1.165, 1.54) is 17.0 Å². The van der Waals surface area contributed by atoms with Crippen molar-refractivity contribution in [3.63, 3.8) is 0 Å². The molecule has 2 aliphatic rings. The number of benzene rings is 2. The molecule has 4 rings (SSSR count). The van der Waals surface area contributed by atoms with Gasteiger partial charge in [0.05, 0.1) is 24.2 Å². The second-order valence-corrected chi connectivity index (χ2v) is 8.63. The standard InChI is InChI=1S/C20H21NO5S/c1-25-20(22)19-13-21(17-8-4-5-9-18(17)26-19)27(23,24)16-11-10-14-6-2-3-7-15(14)12-16/h4-5,8-12,19H,2-3,6-7,13H2,1H3/t19-/m1/s1.